The topological polar surface area (TPSA) is 65.2 Å². The molecule has 5 heteroatoms. The number of nitrogens with zero attached hydrogens (tertiary/aromatic N) is 2. The van der Waals surface area contributed by atoms with Gasteiger partial charge < -0.3 is 0 Å². The zero-order valence-electron chi connectivity index (χ0n) is 13.1. The molecule has 0 aliphatic rings. The van der Waals surface area contributed by atoms with Gasteiger partial charge in [-0.05, 0) is 50.1 Å². The Morgan fingerprint density at radius 2 is 1.87 bits per heavy atom. The third kappa shape index (κ3) is 3.80. The molecule has 1 amide bonds. The second kappa shape index (κ2) is 6.84. The molecule has 0 bridgehead atoms. The van der Waals surface area contributed by atoms with Crippen molar-refractivity contribution >= 4 is 12.1 Å². The lowest BCUT2D eigenvalue weighted by Crippen LogP contribution is -2.19. The summed E-state index contributed by atoms with van der Waals surface area (Å²) in [6, 6.07) is 9.53. The average Bonchev–Trinajstić information content (AvgIpc) is 2.49. The summed E-state index contributed by atoms with van der Waals surface area (Å²) in [5.41, 5.74) is 6.47. The van der Waals surface area contributed by atoms with Crippen LogP contribution in [0.3, 0.4) is 0 Å². The Labute approximate surface area is 134 Å². The van der Waals surface area contributed by atoms with Crippen LogP contribution in [0.4, 0.5) is 4.39 Å². The molecule has 0 saturated carbocycles. The molecule has 0 aliphatic heterocycles. The highest BCUT2D eigenvalue weighted by Crippen LogP contribution is 2.14. The van der Waals surface area contributed by atoms with Gasteiger partial charge in [0.05, 0.1) is 23.4 Å². The Balaban J connectivity index is 2.15. The minimum Gasteiger partial charge on any atom is -0.267 e. The number of hydrogen-bond donors (Lipinski definition) is 1. The monoisotopic (exact) mass is 309 g/mol. The van der Waals surface area contributed by atoms with E-state index in [9.17, 15) is 9.18 Å². The lowest BCUT2D eigenvalue weighted by Gasteiger charge is -2.07. The van der Waals surface area contributed by atoms with Crippen LogP contribution in [0.2, 0.25) is 0 Å². The highest BCUT2D eigenvalue weighted by molar-refractivity contribution is 5.95. The second-order valence-electron chi connectivity index (χ2n) is 5.32. The third-order valence-electron chi connectivity index (χ3n) is 3.44. The third-order valence-corrected chi connectivity index (χ3v) is 3.44. The Morgan fingerprint density at radius 3 is 2.43 bits per heavy atom. The SMILES string of the molecule is Cc1cc(C)c(/C=N\NC(=O)c2ccc(C#N)cc2F)c(C)c1. The molecule has 0 spiro atoms. The summed E-state index contributed by atoms with van der Waals surface area (Å²) in [7, 11) is 0. The van der Waals surface area contributed by atoms with Gasteiger partial charge in [0.15, 0.2) is 0 Å². The fourth-order valence-electron chi connectivity index (χ4n) is 2.38. The van der Waals surface area contributed by atoms with E-state index in [1.54, 1.807) is 6.21 Å². The molecule has 0 radical (unpaired) electrons. The Hall–Kier alpha value is -3.00. The molecule has 0 fully saturated rings. The van der Waals surface area contributed by atoms with Gasteiger partial charge in [-0.15, -0.1) is 0 Å². The molecule has 0 heterocycles. The Morgan fingerprint density at radius 1 is 1.22 bits per heavy atom. The van der Waals surface area contributed by atoms with E-state index in [1.807, 2.05) is 39.0 Å². The first-order valence-corrected chi connectivity index (χ1v) is 7.03. The van der Waals surface area contributed by atoms with Gasteiger partial charge in [-0.1, -0.05) is 17.7 Å². The van der Waals surface area contributed by atoms with E-state index in [-0.39, 0.29) is 11.1 Å². The fraction of sp³-hybridized carbons (Fsp3) is 0.167. The minimum absolute atomic E-state index is 0.154. The lowest BCUT2D eigenvalue weighted by molar-refractivity contribution is 0.0951. The number of aryl methyl sites for hydroxylation is 3. The van der Waals surface area contributed by atoms with Crippen molar-refractivity contribution in [3.63, 3.8) is 0 Å². The van der Waals surface area contributed by atoms with Crippen molar-refractivity contribution in [2.75, 3.05) is 0 Å². The van der Waals surface area contributed by atoms with E-state index in [4.69, 9.17) is 5.26 Å². The minimum atomic E-state index is -0.751. The molecule has 0 aromatic heterocycles. The molecular formula is C18H16FN3O. The van der Waals surface area contributed by atoms with E-state index in [1.165, 1.54) is 12.1 Å². The number of nitrogens with one attached hydrogen (secondary N) is 1. The van der Waals surface area contributed by atoms with E-state index in [2.05, 4.69) is 10.5 Å². The van der Waals surface area contributed by atoms with Gasteiger partial charge in [0.2, 0.25) is 0 Å². The molecule has 2 aromatic rings. The van der Waals surface area contributed by atoms with Crippen LogP contribution in [-0.4, -0.2) is 12.1 Å². The maximum atomic E-state index is 13.7. The molecule has 0 aliphatic carbocycles. The molecule has 0 unspecified atom stereocenters. The molecule has 0 saturated heterocycles. The maximum absolute atomic E-state index is 13.7. The average molecular weight is 309 g/mol. The first-order valence-electron chi connectivity index (χ1n) is 7.03. The standard InChI is InChI=1S/C18H16FN3O/c1-11-6-12(2)16(13(3)7-11)10-21-22-18(23)15-5-4-14(9-20)8-17(15)19/h4-8,10H,1-3H3,(H,22,23)/b21-10-. The number of hydrazone groups is 1. The molecule has 2 rings (SSSR count). The fourth-order valence-corrected chi connectivity index (χ4v) is 2.38. The number of nitriles is 1. The van der Waals surface area contributed by atoms with Crippen molar-refractivity contribution in [1.29, 1.82) is 5.26 Å². The van der Waals surface area contributed by atoms with Crippen molar-refractivity contribution < 1.29 is 9.18 Å². The number of halogens is 1. The van der Waals surface area contributed by atoms with Gasteiger partial charge in [0.1, 0.15) is 5.82 Å². The van der Waals surface area contributed by atoms with Crippen LogP contribution in [0.25, 0.3) is 0 Å². The van der Waals surface area contributed by atoms with Crippen LogP contribution in [0.15, 0.2) is 35.4 Å². The molecule has 2 aromatic carbocycles. The number of carbonyl (C=O) groups is 1. The first kappa shape index (κ1) is 16.4. The summed E-state index contributed by atoms with van der Waals surface area (Å²) in [4.78, 5) is 11.9. The van der Waals surface area contributed by atoms with Crippen LogP contribution in [0, 0.1) is 37.9 Å². The lowest BCUT2D eigenvalue weighted by atomic mass is 10.0. The van der Waals surface area contributed by atoms with E-state index in [0.29, 0.717) is 0 Å². The summed E-state index contributed by atoms with van der Waals surface area (Å²) < 4.78 is 13.7. The number of amides is 1. The largest absolute Gasteiger partial charge is 0.274 e. The van der Waals surface area contributed by atoms with Crippen molar-refractivity contribution in [1.82, 2.24) is 5.43 Å². The van der Waals surface area contributed by atoms with Crippen LogP contribution < -0.4 is 5.43 Å². The molecular weight excluding hydrogens is 293 g/mol. The maximum Gasteiger partial charge on any atom is 0.274 e. The predicted molar refractivity (Wildman–Crippen MR) is 86.8 cm³/mol. The summed E-state index contributed by atoms with van der Waals surface area (Å²) in [5, 5.41) is 12.6. The zero-order chi connectivity index (χ0) is 17.0. The van der Waals surface area contributed by atoms with E-state index >= 15 is 0 Å². The Bertz CT molecular complexity index is 812. The highest BCUT2D eigenvalue weighted by Gasteiger charge is 2.11. The van der Waals surface area contributed by atoms with Gasteiger partial charge in [-0.25, -0.2) is 9.82 Å². The van der Waals surface area contributed by atoms with Gasteiger partial charge in [-0.2, -0.15) is 10.4 Å². The number of benzene rings is 2. The Kier molecular flexibility index (Phi) is 4.87. The molecule has 23 heavy (non-hydrogen) atoms. The summed E-state index contributed by atoms with van der Waals surface area (Å²) in [5.74, 6) is -1.41. The summed E-state index contributed by atoms with van der Waals surface area (Å²) >= 11 is 0. The van der Waals surface area contributed by atoms with Crippen LogP contribution in [-0.2, 0) is 0 Å². The summed E-state index contributed by atoms with van der Waals surface area (Å²) in [6.45, 7) is 5.93. The van der Waals surface area contributed by atoms with Gasteiger partial charge in [0, 0.05) is 5.56 Å². The number of hydrogen-bond acceptors (Lipinski definition) is 3. The van der Waals surface area contributed by atoms with Gasteiger partial charge >= 0.3 is 0 Å². The van der Waals surface area contributed by atoms with Crippen molar-refractivity contribution in [3.05, 3.63) is 69.5 Å². The van der Waals surface area contributed by atoms with Crippen LogP contribution >= 0.6 is 0 Å². The number of carbonyl (C=O) groups excluding carboxylic acids is 1. The van der Waals surface area contributed by atoms with Crippen LogP contribution in [0.5, 0.6) is 0 Å². The van der Waals surface area contributed by atoms with E-state index in [0.717, 1.165) is 28.3 Å². The van der Waals surface area contributed by atoms with Gasteiger partial charge in [-0.3, -0.25) is 4.79 Å². The second-order valence-corrected chi connectivity index (χ2v) is 5.32. The molecule has 1 N–H and O–H groups in total. The number of rotatable bonds is 3. The smallest absolute Gasteiger partial charge is 0.267 e. The molecule has 116 valence electrons. The van der Waals surface area contributed by atoms with Crippen LogP contribution in [0.1, 0.15) is 38.2 Å². The molecule has 0 atom stereocenters. The highest BCUT2D eigenvalue weighted by atomic mass is 19.1. The van der Waals surface area contributed by atoms with Crippen molar-refractivity contribution in [2.24, 2.45) is 5.10 Å². The molecule has 4 nitrogen and oxygen atoms in total. The first-order chi connectivity index (χ1) is 10.9. The van der Waals surface area contributed by atoms with Crippen molar-refractivity contribution in [3.8, 4) is 6.07 Å². The quantitative estimate of drug-likeness (QED) is 0.697. The predicted octanol–water partition coefficient (Wildman–Crippen LogP) is 3.39. The normalized spacial score (nSPS) is 10.6. The zero-order valence-corrected chi connectivity index (χ0v) is 13.1. The van der Waals surface area contributed by atoms with E-state index < -0.39 is 11.7 Å². The summed E-state index contributed by atoms with van der Waals surface area (Å²) in [6.07, 6.45) is 1.55. The van der Waals surface area contributed by atoms with Crippen molar-refractivity contribution in [2.45, 2.75) is 20.8 Å². The van der Waals surface area contributed by atoms with Gasteiger partial charge in [0.25, 0.3) is 5.91 Å².